The van der Waals surface area contributed by atoms with Crippen LogP contribution in [0.15, 0.2) is 6.33 Å². The third-order valence-corrected chi connectivity index (χ3v) is 4.49. The minimum Gasteiger partial charge on any atom is -0.395 e. The van der Waals surface area contributed by atoms with Gasteiger partial charge < -0.3 is 14.4 Å². The molecule has 0 aromatic carbocycles. The molecule has 0 amide bonds. The zero-order chi connectivity index (χ0) is 13.2. The van der Waals surface area contributed by atoms with Gasteiger partial charge in [-0.25, -0.2) is 4.98 Å². The molecule has 0 spiro atoms. The number of ether oxygens (including phenoxy) is 1. The maximum Gasteiger partial charge on any atom is 0.0949 e. The molecule has 0 saturated carbocycles. The first-order valence-electron chi connectivity index (χ1n) is 7.19. The number of imidazole rings is 1. The van der Waals surface area contributed by atoms with Gasteiger partial charge in [0.05, 0.1) is 18.6 Å². The summed E-state index contributed by atoms with van der Waals surface area (Å²) in [6, 6.07) is 0.241. The summed E-state index contributed by atoms with van der Waals surface area (Å²) >= 11 is 0. The van der Waals surface area contributed by atoms with E-state index in [0.29, 0.717) is 5.92 Å². The van der Waals surface area contributed by atoms with Crippen LogP contribution in [-0.2, 0) is 24.8 Å². The van der Waals surface area contributed by atoms with Gasteiger partial charge in [-0.1, -0.05) is 0 Å². The number of fused-ring (bicyclic) bond motifs is 1. The number of aromatic nitrogens is 2. The number of aliphatic hydroxyl groups is 1. The van der Waals surface area contributed by atoms with Crippen molar-refractivity contribution in [2.75, 3.05) is 26.4 Å². The number of aliphatic hydroxyl groups excluding tert-OH is 1. The molecule has 2 aliphatic rings. The first-order chi connectivity index (χ1) is 9.28. The lowest BCUT2D eigenvalue weighted by Gasteiger charge is -2.37. The molecule has 1 saturated heterocycles. The van der Waals surface area contributed by atoms with E-state index in [0.717, 1.165) is 45.6 Å². The molecule has 1 aromatic heterocycles. The number of nitrogens with zero attached hydrogens (tertiary/aromatic N) is 3. The van der Waals surface area contributed by atoms with Crippen LogP contribution in [0.25, 0.3) is 0 Å². The summed E-state index contributed by atoms with van der Waals surface area (Å²) in [5.74, 6) is 0.702. The average Bonchev–Trinajstić information content (AvgIpc) is 2.80. The minimum atomic E-state index is 0.230. The van der Waals surface area contributed by atoms with E-state index in [1.165, 1.54) is 11.4 Å². The van der Waals surface area contributed by atoms with Crippen LogP contribution < -0.4 is 0 Å². The van der Waals surface area contributed by atoms with Gasteiger partial charge in [-0.2, -0.15) is 0 Å². The number of hydrogen-bond acceptors (Lipinski definition) is 4. The summed E-state index contributed by atoms with van der Waals surface area (Å²) in [6.45, 7) is 3.94. The fourth-order valence-corrected chi connectivity index (χ4v) is 3.23. The van der Waals surface area contributed by atoms with Crippen molar-refractivity contribution in [2.45, 2.75) is 31.8 Å². The van der Waals surface area contributed by atoms with Crippen molar-refractivity contribution in [3.8, 4) is 0 Å². The highest BCUT2D eigenvalue weighted by Gasteiger charge is 2.30. The second-order valence-corrected chi connectivity index (χ2v) is 5.77. The predicted molar refractivity (Wildman–Crippen MR) is 71.7 cm³/mol. The Balaban J connectivity index is 1.70. The average molecular weight is 265 g/mol. The Labute approximate surface area is 114 Å². The maximum atomic E-state index is 9.65. The van der Waals surface area contributed by atoms with E-state index in [4.69, 9.17) is 4.74 Å². The Hall–Kier alpha value is -0.910. The van der Waals surface area contributed by atoms with E-state index in [2.05, 4.69) is 14.5 Å². The van der Waals surface area contributed by atoms with Crippen LogP contribution in [0.5, 0.6) is 0 Å². The molecule has 3 rings (SSSR count). The molecule has 3 heterocycles. The van der Waals surface area contributed by atoms with Gasteiger partial charge in [0.2, 0.25) is 0 Å². The van der Waals surface area contributed by atoms with Crippen molar-refractivity contribution in [2.24, 2.45) is 13.0 Å². The summed E-state index contributed by atoms with van der Waals surface area (Å²) in [7, 11) is 2.04. The fraction of sp³-hybridized carbons (Fsp3) is 0.786. The summed E-state index contributed by atoms with van der Waals surface area (Å²) in [4.78, 5) is 6.89. The fourth-order valence-electron chi connectivity index (χ4n) is 3.23. The highest BCUT2D eigenvalue weighted by Crippen LogP contribution is 2.25. The molecule has 0 bridgehead atoms. The molecule has 106 valence electrons. The summed E-state index contributed by atoms with van der Waals surface area (Å²) in [5, 5.41) is 9.65. The van der Waals surface area contributed by atoms with Gasteiger partial charge in [0.1, 0.15) is 0 Å². The molecule has 1 N–H and O–H groups in total. The number of rotatable bonds is 3. The lowest BCUT2D eigenvalue weighted by Crippen LogP contribution is -2.46. The van der Waals surface area contributed by atoms with Gasteiger partial charge >= 0.3 is 0 Å². The Morgan fingerprint density at radius 2 is 2.21 bits per heavy atom. The van der Waals surface area contributed by atoms with Crippen molar-refractivity contribution in [1.82, 2.24) is 14.5 Å². The number of hydrogen-bond donors (Lipinski definition) is 1. The zero-order valence-electron chi connectivity index (χ0n) is 11.6. The Bertz CT molecular complexity index is 426. The third kappa shape index (κ3) is 2.68. The Kier molecular flexibility index (Phi) is 3.86. The van der Waals surface area contributed by atoms with Gasteiger partial charge in [0, 0.05) is 51.5 Å². The van der Waals surface area contributed by atoms with Crippen molar-refractivity contribution in [1.29, 1.82) is 0 Å². The molecular weight excluding hydrogens is 242 g/mol. The van der Waals surface area contributed by atoms with E-state index in [1.54, 1.807) is 0 Å². The first-order valence-corrected chi connectivity index (χ1v) is 7.19. The molecule has 0 radical (unpaired) electrons. The number of aryl methyl sites for hydroxylation is 1. The van der Waals surface area contributed by atoms with Gasteiger partial charge in [0.25, 0.3) is 0 Å². The molecule has 19 heavy (non-hydrogen) atoms. The highest BCUT2D eigenvalue weighted by molar-refractivity contribution is 5.18. The lowest BCUT2D eigenvalue weighted by molar-refractivity contribution is 0.0308. The molecule has 5 nitrogen and oxygen atoms in total. The Morgan fingerprint density at radius 1 is 1.42 bits per heavy atom. The lowest BCUT2D eigenvalue weighted by atomic mass is 9.96. The van der Waals surface area contributed by atoms with Crippen LogP contribution in [0.1, 0.15) is 24.2 Å². The predicted octanol–water partition coefficient (Wildman–Crippen LogP) is 0.566. The molecular formula is C14H23N3O2. The van der Waals surface area contributed by atoms with Gasteiger partial charge in [-0.05, 0) is 18.8 Å². The second-order valence-electron chi connectivity index (χ2n) is 5.77. The van der Waals surface area contributed by atoms with E-state index in [9.17, 15) is 5.11 Å². The van der Waals surface area contributed by atoms with E-state index >= 15 is 0 Å². The van der Waals surface area contributed by atoms with E-state index < -0.39 is 0 Å². The molecule has 2 aliphatic heterocycles. The van der Waals surface area contributed by atoms with Crippen LogP contribution in [0, 0.1) is 5.92 Å². The summed E-state index contributed by atoms with van der Waals surface area (Å²) in [5.41, 5.74) is 2.46. The van der Waals surface area contributed by atoms with Gasteiger partial charge in [0.15, 0.2) is 0 Å². The zero-order valence-corrected chi connectivity index (χ0v) is 11.6. The maximum absolute atomic E-state index is 9.65. The first kappa shape index (κ1) is 13.1. The molecule has 1 fully saturated rings. The topological polar surface area (TPSA) is 50.5 Å². The van der Waals surface area contributed by atoms with Crippen molar-refractivity contribution < 1.29 is 9.84 Å². The summed E-state index contributed by atoms with van der Waals surface area (Å²) in [6.07, 6.45) is 5.08. The largest absolute Gasteiger partial charge is 0.395 e. The van der Waals surface area contributed by atoms with Crippen LogP contribution in [0.3, 0.4) is 0 Å². The smallest absolute Gasteiger partial charge is 0.0949 e. The molecule has 5 heteroatoms. The summed E-state index contributed by atoms with van der Waals surface area (Å²) < 4.78 is 7.51. The molecule has 0 unspecified atom stereocenters. The van der Waals surface area contributed by atoms with Crippen LogP contribution in [0.4, 0.5) is 0 Å². The van der Waals surface area contributed by atoms with Crippen LogP contribution in [-0.4, -0.2) is 52.0 Å². The SMILES string of the molecule is Cn1cnc2c1C[C@@H](CO)N(CC1CCOCC1)C2. The third-order valence-electron chi connectivity index (χ3n) is 4.49. The van der Waals surface area contributed by atoms with E-state index in [1.807, 2.05) is 13.4 Å². The quantitative estimate of drug-likeness (QED) is 0.868. The Morgan fingerprint density at radius 3 is 2.95 bits per heavy atom. The van der Waals surface area contributed by atoms with Gasteiger partial charge in [-0.15, -0.1) is 0 Å². The van der Waals surface area contributed by atoms with Crippen LogP contribution >= 0.6 is 0 Å². The molecule has 1 atom stereocenters. The van der Waals surface area contributed by atoms with Crippen molar-refractivity contribution >= 4 is 0 Å². The second kappa shape index (κ2) is 5.61. The molecule has 1 aromatic rings. The van der Waals surface area contributed by atoms with Crippen molar-refractivity contribution in [3.63, 3.8) is 0 Å². The van der Waals surface area contributed by atoms with Crippen LogP contribution in [0.2, 0.25) is 0 Å². The highest BCUT2D eigenvalue weighted by atomic mass is 16.5. The van der Waals surface area contributed by atoms with Gasteiger partial charge in [-0.3, -0.25) is 4.90 Å². The minimum absolute atomic E-state index is 0.230. The monoisotopic (exact) mass is 265 g/mol. The molecule has 0 aliphatic carbocycles. The normalized spacial score (nSPS) is 25.5. The standard InChI is InChI=1S/C14H23N3O2/c1-16-10-15-13-8-17(12(9-18)6-14(13)16)7-11-2-4-19-5-3-11/h10-12,18H,2-9H2,1H3/t12-/m0/s1. The van der Waals surface area contributed by atoms with E-state index in [-0.39, 0.29) is 12.6 Å². The van der Waals surface area contributed by atoms with Crippen molar-refractivity contribution in [3.05, 3.63) is 17.7 Å².